The molecule has 0 aromatic rings. The first-order valence-electron chi connectivity index (χ1n) is 8.55. The van der Waals surface area contributed by atoms with Gasteiger partial charge in [0.2, 0.25) is 0 Å². The van der Waals surface area contributed by atoms with E-state index < -0.39 is 0 Å². The summed E-state index contributed by atoms with van der Waals surface area (Å²) in [7, 11) is 0. The van der Waals surface area contributed by atoms with Gasteiger partial charge >= 0.3 is 0 Å². The second kappa shape index (κ2) is 8.19. The van der Waals surface area contributed by atoms with E-state index in [0.717, 1.165) is 5.92 Å². The molecule has 2 rings (SSSR count). The Hall–Kier alpha value is -0.0400. The maximum atomic E-state index is 6.31. The Labute approximate surface area is 114 Å². The van der Waals surface area contributed by atoms with Crippen LogP contribution in [0.2, 0.25) is 0 Å². The second-order valence-electron chi connectivity index (χ2n) is 6.47. The van der Waals surface area contributed by atoms with Crippen molar-refractivity contribution in [1.29, 1.82) is 0 Å². The van der Waals surface area contributed by atoms with Crippen LogP contribution in [0.25, 0.3) is 0 Å². The maximum Gasteiger partial charge on any atom is 0.0608 e. The van der Waals surface area contributed by atoms with Crippen molar-refractivity contribution in [3.05, 3.63) is 0 Å². The number of hydrogen-bond donors (Lipinski definition) is 0. The summed E-state index contributed by atoms with van der Waals surface area (Å²) in [5.41, 5.74) is 0. The van der Waals surface area contributed by atoms with Crippen molar-refractivity contribution in [3.63, 3.8) is 0 Å². The van der Waals surface area contributed by atoms with E-state index in [1.54, 1.807) is 0 Å². The van der Waals surface area contributed by atoms with Gasteiger partial charge in [0.05, 0.1) is 12.2 Å². The van der Waals surface area contributed by atoms with Crippen LogP contribution in [-0.4, -0.2) is 12.2 Å². The molecule has 0 amide bonds. The van der Waals surface area contributed by atoms with Crippen molar-refractivity contribution < 1.29 is 4.74 Å². The molecule has 0 aromatic heterocycles. The summed E-state index contributed by atoms with van der Waals surface area (Å²) in [6, 6.07) is 0. The molecule has 1 aliphatic carbocycles. The Bertz CT molecular complexity index is 208. The summed E-state index contributed by atoms with van der Waals surface area (Å²) in [6.07, 6.45) is 19.5. The SMILES string of the molecule is CCCCCCC[C@@H]1CC[C@H](C2CCCCC2)O1. The summed E-state index contributed by atoms with van der Waals surface area (Å²) in [5.74, 6) is 0.906. The summed E-state index contributed by atoms with van der Waals surface area (Å²) in [5, 5.41) is 0. The first-order chi connectivity index (χ1) is 8.90. The van der Waals surface area contributed by atoms with E-state index in [0.29, 0.717) is 12.2 Å². The maximum absolute atomic E-state index is 6.31. The molecule has 18 heavy (non-hydrogen) atoms. The molecule has 1 saturated heterocycles. The minimum absolute atomic E-state index is 0.610. The topological polar surface area (TPSA) is 9.23 Å². The third-order valence-corrected chi connectivity index (χ3v) is 4.95. The van der Waals surface area contributed by atoms with Crippen molar-refractivity contribution in [2.75, 3.05) is 0 Å². The molecule has 0 bridgehead atoms. The van der Waals surface area contributed by atoms with Gasteiger partial charge in [0.1, 0.15) is 0 Å². The molecule has 0 unspecified atom stereocenters. The molecule has 106 valence electrons. The molecular weight excluding hydrogens is 220 g/mol. The predicted octanol–water partition coefficient (Wildman–Crippen LogP) is 5.47. The Morgan fingerprint density at radius 2 is 1.61 bits per heavy atom. The van der Waals surface area contributed by atoms with Gasteiger partial charge in [0.25, 0.3) is 0 Å². The number of rotatable bonds is 7. The molecule has 0 spiro atoms. The lowest BCUT2D eigenvalue weighted by Crippen LogP contribution is -2.23. The average Bonchev–Trinajstić information content (AvgIpc) is 2.88. The zero-order valence-corrected chi connectivity index (χ0v) is 12.3. The first-order valence-corrected chi connectivity index (χ1v) is 8.55. The van der Waals surface area contributed by atoms with Crippen molar-refractivity contribution in [1.82, 2.24) is 0 Å². The second-order valence-corrected chi connectivity index (χ2v) is 6.47. The third-order valence-electron chi connectivity index (χ3n) is 4.95. The Balaban J connectivity index is 1.56. The van der Waals surface area contributed by atoms with Crippen LogP contribution in [0.5, 0.6) is 0 Å². The first kappa shape index (κ1) is 14.4. The van der Waals surface area contributed by atoms with E-state index in [1.165, 1.54) is 83.5 Å². The Morgan fingerprint density at radius 3 is 2.39 bits per heavy atom. The highest BCUT2D eigenvalue weighted by Crippen LogP contribution is 2.35. The summed E-state index contributed by atoms with van der Waals surface area (Å²) >= 11 is 0. The van der Waals surface area contributed by atoms with Gasteiger partial charge in [-0.3, -0.25) is 0 Å². The normalized spacial score (nSPS) is 29.8. The van der Waals surface area contributed by atoms with Crippen LogP contribution < -0.4 is 0 Å². The van der Waals surface area contributed by atoms with Crippen molar-refractivity contribution in [2.45, 2.75) is 103 Å². The average molecular weight is 252 g/mol. The molecule has 2 atom stereocenters. The van der Waals surface area contributed by atoms with Gasteiger partial charge in [-0.05, 0) is 38.0 Å². The molecule has 0 radical (unpaired) electrons. The highest BCUT2D eigenvalue weighted by atomic mass is 16.5. The lowest BCUT2D eigenvalue weighted by molar-refractivity contribution is -0.00350. The van der Waals surface area contributed by atoms with Crippen LogP contribution in [0.3, 0.4) is 0 Å². The molecule has 0 aromatic carbocycles. The van der Waals surface area contributed by atoms with Crippen LogP contribution in [0.4, 0.5) is 0 Å². The van der Waals surface area contributed by atoms with Gasteiger partial charge in [-0.1, -0.05) is 58.3 Å². The lowest BCUT2D eigenvalue weighted by Gasteiger charge is -2.27. The van der Waals surface area contributed by atoms with Crippen LogP contribution >= 0.6 is 0 Å². The van der Waals surface area contributed by atoms with E-state index >= 15 is 0 Å². The van der Waals surface area contributed by atoms with Gasteiger partial charge < -0.3 is 4.74 Å². The summed E-state index contributed by atoms with van der Waals surface area (Å²) < 4.78 is 6.31. The summed E-state index contributed by atoms with van der Waals surface area (Å²) in [6.45, 7) is 2.29. The van der Waals surface area contributed by atoms with E-state index in [-0.39, 0.29) is 0 Å². The van der Waals surface area contributed by atoms with Gasteiger partial charge in [-0.25, -0.2) is 0 Å². The Morgan fingerprint density at radius 1 is 0.833 bits per heavy atom. The molecule has 0 N–H and O–H groups in total. The van der Waals surface area contributed by atoms with Gasteiger partial charge in [0, 0.05) is 0 Å². The fourth-order valence-corrected chi connectivity index (χ4v) is 3.77. The van der Waals surface area contributed by atoms with E-state index in [9.17, 15) is 0 Å². The quantitative estimate of drug-likeness (QED) is 0.545. The Kier molecular flexibility index (Phi) is 6.54. The molecule has 2 aliphatic rings. The van der Waals surface area contributed by atoms with Gasteiger partial charge in [-0.15, -0.1) is 0 Å². The molecule has 1 nitrogen and oxygen atoms in total. The van der Waals surface area contributed by atoms with E-state index in [4.69, 9.17) is 4.74 Å². The zero-order chi connectivity index (χ0) is 12.6. The van der Waals surface area contributed by atoms with Crippen LogP contribution in [-0.2, 0) is 4.74 Å². The van der Waals surface area contributed by atoms with Crippen LogP contribution in [0.1, 0.15) is 90.4 Å². The molecule has 1 heterocycles. The molecule has 1 aliphatic heterocycles. The minimum Gasteiger partial charge on any atom is -0.375 e. The monoisotopic (exact) mass is 252 g/mol. The van der Waals surface area contributed by atoms with E-state index in [1.807, 2.05) is 0 Å². The van der Waals surface area contributed by atoms with Crippen molar-refractivity contribution in [2.24, 2.45) is 5.92 Å². The number of unbranched alkanes of at least 4 members (excludes halogenated alkanes) is 4. The van der Waals surface area contributed by atoms with E-state index in [2.05, 4.69) is 6.92 Å². The number of ether oxygens (including phenoxy) is 1. The van der Waals surface area contributed by atoms with Gasteiger partial charge in [0.15, 0.2) is 0 Å². The van der Waals surface area contributed by atoms with Crippen LogP contribution in [0, 0.1) is 5.92 Å². The number of hydrogen-bond acceptors (Lipinski definition) is 1. The fourth-order valence-electron chi connectivity index (χ4n) is 3.77. The molecular formula is C17H32O. The molecule has 1 heteroatoms. The smallest absolute Gasteiger partial charge is 0.0608 e. The van der Waals surface area contributed by atoms with Crippen molar-refractivity contribution >= 4 is 0 Å². The molecule has 1 saturated carbocycles. The standard InChI is InChI=1S/C17H32O/c1-2-3-4-5-9-12-16-13-14-17(18-16)15-10-7-6-8-11-15/h15-17H,2-14H2,1H3/t16-,17-/m1/s1. The highest BCUT2D eigenvalue weighted by molar-refractivity contribution is 4.81. The predicted molar refractivity (Wildman–Crippen MR) is 77.8 cm³/mol. The fraction of sp³-hybridized carbons (Fsp3) is 1.00. The summed E-state index contributed by atoms with van der Waals surface area (Å²) in [4.78, 5) is 0. The molecule has 2 fully saturated rings. The highest BCUT2D eigenvalue weighted by Gasteiger charge is 2.31. The lowest BCUT2D eigenvalue weighted by atomic mass is 9.84. The largest absolute Gasteiger partial charge is 0.375 e. The van der Waals surface area contributed by atoms with Crippen molar-refractivity contribution in [3.8, 4) is 0 Å². The van der Waals surface area contributed by atoms with Crippen LogP contribution in [0.15, 0.2) is 0 Å². The van der Waals surface area contributed by atoms with Gasteiger partial charge in [-0.2, -0.15) is 0 Å². The third kappa shape index (κ3) is 4.57. The minimum atomic E-state index is 0.610. The zero-order valence-electron chi connectivity index (χ0n) is 12.3.